The summed E-state index contributed by atoms with van der Waals surface area (Å²) in [5.74, 6) is -1.59. The van der Waals surface area contributed by atoms with Crippen LogP contribution in [0, 0.1) is 23.5 Å². The number of amides is 2. The second-order valence-corrected chi connectivity index (χ2v) is 5.99. The highest BCUT2D eigenvalue weighted by molar-refractivity contribution is 5.93. The van der Waals surface area contributed by atoms with Crippen LogP contribution in [0.2, 0.25) is 0 Å². The normalized spacial score (nSPS) is 19.1. The van der Waals surface area contributed by atoms with Crippen LogP contribution in [0.25, 0.3) is 0 Å². The van der Waals surface area contributed by atoms with Crippen molar-refractivity contribution < 1.29 is 18.4 Å². The van der Waals surface area contributed by atoms with Gasteiger partial charge in [-0.3, -0.25) is 9.59 Å². The summed E-state index contributed by atoms with van der Waals surface area (Å²) < 4.78 is 26.4. The number of carbonyl (C=O) groups excluding carboxylic acids is 2. The molecule has 118 valence electrons. The Morgan fingerprint density at radius 2 is 1.73 bits per heavy atom. The molecular weight excluding hydrogens is 290 g/mol. The molecule has 1 saturated heterocycles. The number of likely N-dealkylation sites (tertiary alicyclic amines) is 1. The molecule has 3 rings (SSSR count). The van der Waals surface area contributed by atoms with Crippen LogP contribution < -0.4 is 5.32 Å². The van der Waals surface area contributed by atoms with Gasteiger partial charge in [0.15, 0.2) is 0 Å². The van der Waals surface area contributed by atoms with Gasteiger partial charge in [-0.15, -0.1) is 0 Å². The Morgan fingerprint density at radius 3 is 2.32 bits per heavy atom. The molecule has 0 bridgehead atoms. The fraction of sp³-hybridized carbons (Fsp3) is 0.500. The topological polar surface area (TPSA) is 49.4 Å². The van der Waals surface area contributed by atoms with Crippen molar-refractivity contribution in [3.63, 3.8) is 0 Å². The smallest absolute Gasteiger partial charge is 0.227 e. The van der Waals surface area contributed by atoms with Crippen molar-refractivity contribution in [3.05, 3.63) is 29.8 Å². The zero-order valence-electron chi connectivity index (χ0n) is 12.1. The number of nitrogens with zero attached hydrogens (tertiary/aromatic N) is 1. The zero-order chi connectivity index (χ0) is 15.7. The summed E-state index contributed by atoms with van der Waals surface area (Å²) in [6.45, 7) is 1.14. The first-order chi connectivity index (χ1) is 10.5. The lowest BCUT2D eigenvalue weighted by atomic mass is 9.95. The van der Waals surface area contributed by atoms with E-state index in [2.05, 4.69) is 5.32 Å². The van der Waals surface area contributed by atoms with Gasteiger partial charge in [-0.2, -0.15) is 0 Å². The van der Waals surface area contributed by atoms with Crippen molar-refractivity contribution in [1.82, 2.24) is 4.90 Å². The number of halogens is 2. The highest BCUT2D eigenvalue weighted by Gasteiger charge is 2.36. The Morgan fingerprint density at radius 1 is 1.05 bits per heavy atom. The molecule has 2 fully saturated rings. The van der Waals surface area contributed by atoms with Crippen molar-refractivity contribution in [3.8, 4) is 0 Å². The summed E-state index contributed by atoms with van der Waals surface area (Å²) in [5, 5.41) is 2.50. The third kappa shape index (κ3) is 3.26. The van der Waals surface area contributed by atoms with E-state index in [1.807, 2.05) is 4.90 Å². The molecule has 0 atom stereocenters. The van der Waals surface area contributed by atoms with Crippen molar-refractivity contribution >= 4 is 17.5 Å². The fourth-order valence-corrected chi connectivity index (χ4v) is 2.78. The van der Waals surface area contributed by atoms with Gasteiger partial charge in [-0.25, -0.2) is 8.78 Å². The van der Waals surface area contributed by atoms with E-state index in [0.29, 0.717) is 25.9 Å². The monoisotopic (exact) mass is 308 g/mol. The first kappa shape index (κ1) is 14.9. The number of rotatable bonds is 3. The van der Waals surface area contributed by atoms with E-state index >= 15 is 0 Å². The second-order valence-electron chi connectivity index (χ2n) is 5.99. The summed E-state index contributed by atoms with van der Waals surface area (Å²) in [5.41, 5.74) is -0.0112. The largest absolute Gasteiger partial charge is 0.342 e. The molecule has 2 aliphatic rings. The van der Waals surface area contributed by atoms with E-state index in [0.717, 1.165) is 25.0 Å². The molecule has 1 aliphatic carbocycles. The summed E-state index contributed by atoms with van der Waals surface area (Å²) in [6, 6.07) is 3.07. The molecule has 1 saturated carbocycles. The van der Waals surface area contributed by atoms with E-state index in [9.17, 15) is 18.4 Å². The molecule has 0 aromatic heterocycles. The molecule has 1 heterocycles. The molecule has 1 aliphatic heterocycles. The van der Waals surface area contributed by atoms with Crippen molar-refractivity contribution in [2.45, 2.75) is 25.7 Å². The molecule has 1 aromatic rings. The van der Waals surface area contributed by atoms with Gasteiger partial charge in [0, 0.05) is 31.0 Å². The van der Waals surface area contributed by atoms with E-state index in [-0.39, 0.29) is 29.3 Å². The molecule has 1 N–H and O–H groups in total. The lowest BCUT2D eigenvalue weighted by molar-refractivity contribution is -0.135. The molecule has 2 amide bonds. The summed E-state index contributed by atoms with van der Waals surface area (Å²) >= 11 is 0. The number of nitrogens with one attached hydrogen (secondary N) is 1. The predicted molar refractivity (Wildman–Crippen MR) is 77.0 cm³/mol. The average molecular weight is 308 g/mol. The Hall–Kier alpha value is -1.98. The van der Waals surface area contributed by atoms with Gasteiger partial charge in [-0.05, 0) is 37.8 Å². The SMILES string of the molecule is O=C(Nc1ccc(F)cc1F)C1CCN(C(=O)C2CC2)CC1. The third-order valence-electron chi connectivity index (χ3n) is 4.29. The number of anilines is 1. The minimum Gasteiger partial charge on any atom is -0.342 e. The number of hydrogen-bond donors (Lipinski definition) is 1. The van der Waals surface area contributed by atoms with E-state index in [1.165, 1.54) is 6.07 Å². The van der Waals surface area contributed by atoms with Crippen molar-refractivity contribution in [2.24, 2.45) is 11.8 Å². The van der Waals surface area contributed by atoms with Crippen LogP contribution in [0.1, 0.15) is 25.7 Å². The molecule has 0 unspecified atom stereocenters. The zero-order valence-corrected chi connectivity index (χ0v) is 12.1. The number of benzene rings is 1. The molecular formula is C16H18F2N2O2. The number of hydrogen-bond acceptors (Lipinski definition) is 2. The van der Waals surface area contributed by atoms with Gasteiger partial charge >= 0.3 is 0 Å². The van der Waals surface area contributed by atoms with Gasteiger partial charge in [-0.1, -0.05) is 0 Å². The summed E-state index contributed by atoms with van der Waals surface area (Å²) in [6.07, 6.45) is 3.10. The lowest BCUT2D eigenvalue weighted by Crippen LogP contribution is -2.42. The first-order valence-electron chi connectivity index (χ1n) is 7.59. The van der Waals surface area contributed by atoms with E-state index in [1.54, 1.807) is 0 Å². The van der Waals surface area contributed by atoms with Crippen molar-refractivity contribution in [1.29, 1.82) is 0 Å². The predicted octanol–water partition coefficient (Wildman–Crippen LogP) is 2.55. The summed E-state index contributed by atoms with van der Waals surface area (Å²) in [4.78, 5) is 25.9. The molecule has 0 radical (unpaired) electrons. The molecule has 4 nitrogen and oxygen atoms in total. The van der Waals surface area contributed by atoms with Gasteiger partial charge in [0.2, 0.25) is 11.8 Å². The minimum absolute atomic E-state index is 0.0112. The van der Waals surface area contributed by atoms with E-state index in [4.69, 9.17) is 0 Å². The van der Waals surface area contributed by atoms with Gasteiger partial charge in [0.25, 0.3) is 0 Å². The van der Waals surface area contributed by atoms with Crippen LogP contribution in [0.15, 0.2) is 18.2 Å². The number of carbonyl (C=O) groups is 2. The molecule has 1 aromatic carbocycles. The van der Waals surface area contributed by atoms with Crippen LogP contribution in [0.4, 0.5) is 14.5 Å². The highest BCUT2D eigenvalue weighted by atomic mass is 19.1. The lowest BCUT2D eigenvalue weighted by Gasteiger charge is -2.31. The Bertz CT molecular complexity index is 594. The van der Waals surface area contributed by atoms with Gasteiger partial charge in [0.05, 0.1) is 5.69 Å². The van der Waals surface area contributed by atoms with Crippen LogP contribution in [0.5, 0.6) is 0 Å². The van der Waals surface area contributed by atoms with Crippen LogP contribution in [0.3, 0.4) is 0 Å². The van der Waals surface area contributed by atoms with Gasteiger partial charge in [0.1, 0.15) is 11.6 Å². The Balaban J connectivity index is 1.54. The second kappa shape index (κ2) is 6.02. The first-order valence-corrected chi connectivity index (χ1v) is 7.59. The number of piperidine rings is 1. The highest BCUT2D eigenvalue weighted by Crippen LogP contribution is 2.32. The minimum atomic E-state index is -0.783. The molecule has 22 heavy (non-hydrogen) atoms. The van der Waals surface area contributed by atoms with Gasteiger partial charge < -0.3 is 10.2 Å². The maximum atomic E-state index is 13.5. The fourth-order valence-electron chi connectivity index (χ4n) is 2.78. The van der Waals surface area contributed by atoms with Crippen LogP contribution in [-0.4, -0.2) is 29.8 Å². The molecule has 0 spiro atoms. The Kier molecular flexibility index (Phi) is 4.09. The third-order valence-corrected chi connectivity index (χ3v) is 4.29. The van der Waals surface area contributed by atoms with Crippen LogP contribution >= 0.6 is 0 Å². The van der Waals surface area contributed by atoms with Crippen LogP contribution in [-0.2, 0) is 9.59 Å². The van der Waals surface area contributed by atoms with E-state index < -0.39 is 11.6 Å². The maximum absolute atomic E-state index is 13.5. The average Bonchev–Trinajstić information content (AvgIpc) is 3.34. The molecule has 6 heteroatoms. The standard InChI is InChI=1S/C16H18F2N2O2/c17-12-3-4-14(13(18)9-12)19-15(21)10-5-7-20(8-6-10)16(22)11-1-2-11/h3-4,9-11H,1-2,5-8H2,(H,19,21). The van der Waals surface area contributed by atoms with Crippen molar-refractivity contribution in [2.75, 3.05) is 18.4 Å². The Labute approximate surface area is 127 Å². The summed E-state index contributed by atoms with van der Waals surface area (Å²) in [7, 11) is 0. The maximum Gasteiger partial charge on any atom is 0.227 e. The quantitative estimate of drug-likeness (QED) is 0.933.